The molecule has 0 amide bonds. The van der Waals surface area contributed by atoms with Gasteiger partial charge in [0.15, 0.2) is 0 Å². The summed E-state index contributed by atoms with van der Waals surface area (Å²) in [7, 11) is -4.17. The maximum absolute atomic E-state index is 11.3. The van der Waals surface area contributed by atoms with Crippen LogP contribution in [0.4, 0.5) is 0 Å². The molecule has 92 valence electrons. The predicted octanol–water partition coefficient (Wildman–Crippen LogP) is 0.0648. The molecule has 0 rings (SSSR count). The third-order valence-corrected chi connectivity index (χ3v) is 4.90. The average molecular weight is 258 g/mol. The fourth-order valence-corrected chi connectivity index (χ4v) is 3.05. The van der Waals surface area contributed by atoms with Gasteiger partial charge in [-0.3, -0.25) is 0 Å². The van der Waals surface area contributed by atoms with Gasteiger partial charge in [-0.1, -0.05) is 46.5 Å². The Hall–Kier alpha value is 0.910. The van der Waals surface area contributed by atoms with Crippen molar-refractivity contribution in [3.05, 3.63) is 0 Å². The summed E-state index contributed by atoms with van der Waals surface area (Å²) < 4.78 is 33.0. The van der Waals surface area contributed by atoms with Crippen molar-refractivity contribution in [3.63, 3.8) is 0 Å². The van der Waals surface area contributed by atoms with Crippen molar-refractivity contribution in [2.24, 2.45) is 0 Å². The molecule has 0 atom stereocenters. The van der Waals surface area contributed by atoms with Gasteiger partial charge in [0.05, 0.1) is 4.75 Å². The molecule has 0 radical (unpaired) electrons. The van der Waals surface area contributed by atoms with E-state index in [1.807, 2.05) is 13.8 Å². The van der Waals surface area contributed by atoms with Crippen LogP contribution in [0.5, 0.6) is 0 Å². The topological polar surface area (TPSA) is 57.2 Å². The average Bonchev–Trinajstić information content (AvgIpc) is 2.17. The van der Waals surface area contributed by atoms with E-state index in [1.165, 1.54) is 0 Å². The first kappa shape index (κ1) is 19.3. The summed E-state index contributed by atoms with van der Waals surface area (Å²) >= 11 is 0. The zero-order chi connectivity index (χ0) is 11.9. The number of unbranched alkanes of at least 4 members (excludes halogenated alkanes) is 2. The van der Waals surface area contributed by atoms with Gasteiger partial charge in [0.1, 0.15) is 10.1 Å². The van der Waals surface area contributed by atoms with E-state index < -0.39 is 14.9 Å². The second kappa shape index (κ2) is 8.92. The third kappa shape index (κ3) is 5.50. The first-order valence-electron chi connectivity index (χ1n) is 5.89. The Morgan fingerprint density at radius 1 is 1.00 bits per heavy atom. The molecule has 0 saturated carbocycles. The Bertz CT molecular complexity index is 254. The Labute approximate surface area is 122 Å². The number of rotatable bonds is 8. The SMILES string of the molecule is CCCCC(CC)(CCCC)S(=O)(=O)[O-].[Na+]. The Morgan fingerprint density at radius 2 is 1.38 bits per heavy atom. The van der Waals surface area contributed by atoms with Crippen LogP contribution < -0.4 is 29.6 Å². The molecule has 0 aliphatic carbocycles. The molecule has 0 fully saturated rings. The summed E-state index contributed by atoms with van der Waals surface area (Å²) in [6.45, 7) is 5.83. The van der Waals surface area contributed by atoms with Gasteiger partial charge in [-0.15, -0.1) is 0 Å². The van der Waals surface area contributed by atoms with Crippen LogP contribution in [0, 0.1) is 0 Å². The molecule has 16 heavy (non-hydrogen) atoms. The Kier molecular flexibility index (Phi) is 10.7. The van der Waals surface area contributed by atoms with Crippen LogP contribution >= 0.6 is 0 Å². The van der Waals surface area contributed by atoms with Crippen molar-refractivity contribution < 1.29 is 42.5 Å². The maximum Gasteiger partial charge on any atom is 1.00 e. The second-order valence-corrected chi connectivity index (χ2v) is 5.97. The molecule has 0 heterocycles. The minimum Gasteiger partial charge on any atom is -0.748 e. The van der Waals surface area contributed by atoms with Crippen molar-refractivity contribution >= 4 is 10.1 Å². The minimum atomic E-state index is -4.17. The zero-order valence-corrected chi connectivity index (χ0v) is 13.9. The van der Waals surface area contributed by atoms with Crippen molar-refractivity contribution in [1.82, 2.24) is 0 Å². The smallest absolute Gasteiger partial charge is 0.748 e. The fourth-order valence-electron chi connectivity index (χ4n) is 1.90. The predicted molar refractivity (Wildman–Crippen MR) is 61.8 cm³/mol. The van der Waals surface area contributed by atoms with Crippen LogP contribution in [-0.2, 0) is 10.1 Å². The maximum atomic E-state index is 11.3. The molecule has 0 aromatic rings. The Morgan fingerprint density at radius 3 is 1.56 bits per heavy atom. The summed E-state index contributed by atoms with van der Waals surface area (Å²) in [5.41, 5.74) is 0. The first-order chi connectivity index (χ1) is 6.93. The van der Waals surface area contributed by atoms with E-state index in [0.29, 0.717) is 19.3 Å². The second-order valence-electron chi connectivity index (χ2n) is 4.20. The van der Waals surface area contributed by atoms with Crippen LogP contribution in [0.1, 0.15) is 65.7 Å². The molecule has 5 heteroatoms. The Balaban J connectivity index is 0. The molecule has 0 aliphatic heterocycles. The van der Waals surface area contributed by atoms with Crippen LogP contribution in [0.2, 0.25) is 0 Å². The fraction of sp³-hybridized carbons (Fsp3) is 1.00. The van der Waals surface area contributed by atoms with Crippen LogP contribution in [-0.4, -0.2) is 17.7 Å². The summed E-state index contributed by atoms with van der Waals surface area (Å²) in [5, 5.41) is 0. The molecule has 0 unspecified atom stereocenters. The van der Waals surface area contributed by atoms with E-state index >= 15 is 0 Å². The number of hydrogen-bond donors (Lipinski definition) is 0. The van der Waals surface area contributed by atoms with E-state index in [9.17, 15) is 13.0 Å². The van der Waals surface area contributed by atoms with Crippen LogP contribution in [0.25, 0.3) is 0 Å². The zero-order valence-electron chi connectivity index (χ0n) is 11.1. The molecule has 0 spiro atoms. The summed E-state index contributed by atoms with van der Waals surface area (Å²) in [4.78, 5) is 0. The summed E-state index contributed by atoms with van der Waals surface area (Å²) in [6, 6.07) is 0. The molecule has 0 saturated heterocycles. The van der Waals surface area contributed by atoms with Gasteiger partial charge in [-0.2, -0.15) is 0 Å². The van der Waals surface area contributed by atoms with Gasteiger partial charge < -0.3 is 4.55 Å². The van der Waals surface area contributed by atoms with Crippen molar-refractivity contribution in [1.29, 1.82) is 0 Å². The van der Waals surface area contributed by atoms with E-state index in [-0.39, 0.29) is 29.6 Å². The van der Waals surface area contributed by atoms with Gasteiger partial charge in [-0.05, 0) is 19.3 Å². The van der Waals surface area contributed by atoms with E-state index in [0.717, 1.165) is 25.7 Å². The molecule has 0 N–H and O–H groups in total. The summed E-state index contributed by atoms with van der Waals surface area (Å²) in [5.74, 6) is 0. The van der Waals surface area contributed by atoms with Gasteiger partial charge in [-0.25, -0.2) is 8.42 Å². The van der Waals surface area contributed by atoms with Gasteiger partial charge in [0.25, 0.3) is 0 Å². The van der Waals surface area contributed by atoms with Crippen LogP contribution in [0.3, 0.4) is 0 Å². The van der Waals surface area contributed by atoms with Gasteiger partial charge >= 0.3 is 29.6 Å². The van der Waals surface area contributed by atoms with E-state index in [1.54, 1.807) is 6.92 Å². The van der Waals surface area contributed by atoms with Gasteiger partial charge in [0, 0.05) is 0 Å². The molecular formula is C11H23NaO3S. The van der Waals surface area contributed by atoms with Gasteiger partial charge in [0.2, 0.25) is 0 Å². The van der Waals surface area contributed by atoms with E-state index in [4.69, 9.17) is 0 Å². The van der Waals surface area contributed by atoms with E-state index in [2.05, 4.69) is 0 Å². The van der Waals surface area contributed by atoms with Crippen molar-refractivity contribution in [2.45, 2.75) is 70.5 Å². The molecule has 3 nitrogen and oxygen atoms in total. The summed E-state index contributed by atoms with van der Waals surface area (Å²) in [6.07, 6.45) is 4.99. The molecule has 0 aromatic carbocycles. The monoisotopic (exact) mass is 258 g/mol. The molecule has 0 aliphatic rings. The standard InChI is InChI=1S/C11H24O3S.Na/c1-4-7-9-11(6-3,10-8-5-2)15(12,13)14;/h4-10H2,1-3H3,(H,12,13,14);/q;+1/p-1. The van der Waals surface area contributed by atoms with Crippen molar-refractivity contribution in [2.75, 3.05) is 0 Å². The molecular weight excluding hydrogens is 235 g/mol. The minimum absolute atomic E-state index is 0. The largest absolute Gasteiger partial charge is 1.00 e. The third-order valence-electron chi connectivity index (χ3n) is 3.15. The van der Waals surface area contributed by atoms with Crippen LogP contribution in [0.15, 0.2) is 0 Å². The first-order valence-corrected chi connectivity index (χ1v) is 7.29. The number of hydrogen-bond acceptors (Lipinski definition) is 3. The van der Waals surface area contributed by atoms with Crippen molar-refractivity contribution in [3.8, 4) is 0 Å². The normalized spacial score (nSPS) is 12.2. The molecule has 0 bridgehead atoms. The quantitative estimate of drug-likeness (QED) is 0.457. The molecule has 0 aromatic heterocycles.